The molecule has 0 bridgehead atoms. The van der Waals surface area contributed by atoms with Gasteiger partial charge in [0.25, 0.3) is 5.91 Å². The summed E-state index contributed by atoms with van der Waals surface area (Å²) in [6.45, 7) is 2.44. The fourth-order valence-electron chi connectivity index (χ4n) is 4.27. The van der Waals surface area contributed by atoms with E-state index in [4.69, 9.17) is 0 Å². The van der Waals surface area contributed by atoms with Crippen LogP contribution in [0.5, 0.6) is 0 Å². The Hall–Kier alpha value is -3.15. The van der Waals surface area contributed by atoms with Crippen molar-refractivity contribution in [1.29, 1.82) is 0 Å². The van der Waals surface area contributed by atoms with Gasteiger partial charge in [-0.15, -0.1) is 0 Å². The summed E-state index contributed by atoms with van der Waals surface area (Å²) < 4.78 is 0. The SMILES string of the molecule is O=C(NCc1cccc(CN2CCCC2=O)c1)C1CCCN1C(=O)c1ccccc1. The van der Waals surface area contributed by atoms with Gasteiger partial charge in [-0.05, 0) is 42.5 Å². The largest absolute Gasteiger partial charge is 0.350 e. The Morgan fingerprint density at radius 3 is 2.53 bits per heavy atom. The predicted molar refractivity (Wildman–Crippen MR) is 113 cm³/mol. The quantitative estimate of drug-likeness (QED) is 0.803. The van der Waals surface area contributed by atoms with E-state index >= 15 is 0 Å². The maximum Gasteiger partial charge on any atom is 0.254 e. The molecule has 1 atom stereocenters. The van der Waals surface area contributed by atoms with Gasteiger partial charge in [-0.2, -0.15) is 0 Å². The molecule has 6 nitrogen and oxygen atoms in total. The monoisotopic (exact) mass is 405 g/mol. The Morgan fingerprint density at radius 1 is 0.967 bits per heavy atom. The fraction of sp³-hybridized carbons (Fsp3) is 0.375. The van der Waals surface area contributed by atoms with E-state index in [0.717, 1.165) is 30.5 Å². The lowest BCUT2D eigenvalue weighted by molar-refractivity contribution is -0.128. The van der Waals surface area contributed by atoms with Crippen molar-refractivity contribution in [2.75, 3.05) is 13.1 Å². The van der Waals surface area contributed by atoms with Gasteiger partial charge < -0.3 is 15.1 Å². The first-order valence-corrected chi connectivity index (χ1v) is 10.6. The molecule has 0 aromatic heterocycles. The van der Waals surface area contributed by atoms with E-state index in [1.165, 1.54) is 0 Å². The van der Waals surface area contributed by atoms with Crippen molar-refractivity contribution in [3.63, 3.8) is 0 Å². The third-order valence-corrected chi connectivity index (χ3v) is 5.84. The second-order valence-electron chi connectivity index (χ2n) is 7.98. The van der Waals surface area contributed by atoms with E-state index in [-0.39, 0.29) is 17.7 Å². The minimum Gasteiger partial charge on any atom is -0.350 e. The Balaban J connectivity index is 1.35. The van der Waals surface area contributed by atoms with Crippen LogP contribution in [0.4, 0.5) is 0 Å². The molecule has 1 N–H and O–H groups in total. The summed E-state index contributed by atoms with van der Waals surface area (Å²) in [7, 11) is 0. The number of nitrogens with one attached hydrogen (secondary N) is 1. The lowest BCUT2D eigenvalue weighted by Crippen LogP contribution is -2.45. The third-order valence-electron chi connectivity index (χ3n) is 5.84. The van der Waals surface area contributed by atoms with Crippen molar-refractivity contribution in [2.45, 2.75) is 44.8 Å². The Kier molecular flexibility index (Phi) is 6.12. The molecule has 4 rings (SSSR count). The van der Waals surface area contributed by atoms with Gasteiger partial charge in [0.2, 0.25) is 11.8 Å². The summed E-state index contributed by atoms with van der Waals surface area (Å²) in [5, 5.41) is 2.99. The molecule has 6 heteroatoms. The van der Waals surface area contributed by atoms with Crippen molar-refractivity contribution < 1.29 is 14.4 Å². The van der Waals surface area contributed by atoms with Crippen LogP contribution in [0.15, 0.2) is 54.6 Å². The molecule has 2 heterocycles. The van der Waals surface area contributed by atoms with Crippen molar-refractivity contribution in [3.05, 3.63) is 71.3 Å². The van der Waals surface area contributed by atoms with E-state index in [1.807, 2.05) is 47.4 Å². The van der Waals surface area contributed by atoms with Crippen LogP contribution in [0.2, 0.25) is 0 Å². The Morgan fingerprint density at radius 2 is 1.77 bits per heavy atom. The zero-order valence-corrected chi connectivity index (χ0v) is 17.0. The van der Waals surface area contributed by atoms with Crippen LogP contribution in [-0.2, 0) is 22.7 Å². The first-order chi connectivity index (χ1) is 14.6. The Bertz CT molecular complexity index is 928. The minimum atomic E-state index is -0.428. The molecule has 1 unspecified atom stereocenters. The predicted octanol–water partition coefficient (Wildman–Crippen LogP) is 2.73. The number of carbonyl (C=O) groups is 3. The van der Waals surface area contributed by atoms with Crippen molar-refractivity contribution in [3.8, 4) is 0 Å². The maximum absolute atomic E-state index is 12.8. The molecule has 0 saturated carbocycles. The zero-order valence-electron chi connectivity index (χ0n) is 17.0. The number of nitrogens with zero attached hydrogens (tertiary/aromatic N) is 2. The average Bonchev–Trinajstić information content (AvgIpc) is 3.42. The van der Waals surface area contributed by atoms with Gasteiger partial charge in [0.05, 0.1) is 0 Å². The lowest BCUT2D eigenvalue weighted by Gasteiger charge is -2.24. The molecular weight excluding hydrogens is 378 g/mol. The summed E-state index contributed by atoms with van der Waals surface area (Å²) >= 11 is 0. The van der Waals surface area contributed by atoms with E-state index in [1.54, 1.807) is 17.0 Å². The second kappa shape index (κ2) is 9.11. The molecule has 2 aromatic carbocycles. The van der Waals surface area contributed by atoms with Crippen LogP contribution in [-0.4, -0.2) is 46.7 Å². The maximum atomic E-state index is 12.8. The fourth-order valence-corrected chi connectivity index (χ4v) is 4.27. The molecule has 2 saturated heterocycles. The highest BCUT2D eigenvalue weighted by atomic mass is 16.2. The summed E-state index contributed by atoms with van der Waals surface area (Å²) in [5.74, 6) is 0.000506. The lowest BCUT2D eigenvalue weighted by atomic mass is 10.1. The summed E-state index contributed by atoms with van der Waals surface area (Å²) in [6, 6.07) is 16.7. The van der Waals surface area contributed by atoms with Gasteiger partial charge in [-0.1, -0.05) is 42.5 Å². The number of hydrogen-bond donors (Lipinski definition) is 1. The number of likely N-dealkylation sites (tertiary alicyclic amines) is 2. The van der Waals surface area contributed by atoms with Crippen LogP contribution >= 0.6 is 0 Å². The standard InChI is InChI=1S/C24H27N3O3/c28-22-12-6-13-26(22)17-19-8-4-7-18(15-19)16-25-23(29)21-11-5-14-27(21)24(30)20-9-2-1-3-10-20/h1-4,7-10,15,21H,5-6,11-14,16-17H2,(H,25,29). The van der Waals surface area contributed by atoms with Crippen molar-refractivity contribution >= 4 is 17.7 Å². The highest BCUT2D eigenvalue weighted by Gasteiger charge is 2.34. The molecule has 0 aliphatic carbocycles. The van der Waals surface area contributed by atoms with E-state index in [2.05, 4.69) is 5.32 Å². The molecule has 0 spiro atoms. The molecule has 2 aromatic rings. The van der Waals surface area contributed by atoms with Gasteiger partial charge in [-0.25, -0.2) is 0 Å². The zero-order chi connectivity index (χ0) is 20.9. The topological polar surface area (TPSA) is 69.7 Å². The first kappa shape index (κ1) is 20.1. The number of hydrogen-bond acceptors (Lipinski definition) is 3. The number of rotatable bonds is 6. The van der Waals surface area contributed by atoms with Crippen LogP contribution in [0.1, 0.15) is 47.2 Å². The summed E-state index contributed by atoms with van der Waals surface area (Å²) in [6.07, 6.45) is 3.07. The smallest absolute Gasteiger partial charge is 0.254 e. The van der Waals surface area contributed by atoms with Gasteiger partial charge in [0.15, 0.2) is 0 Å². The van der Waals surface area contributed by atoms with Crippen molar-refractivity contribution in [2.24, 2.45) is 0 Å². The van der Waals surface area contributed by atoms with Gasteiger partial charge in [0.1, 0.15) is 6.04 Å². The molecule has 30 heavy (non-hydrogen) atoms. The van der Waals surface area contributed by atoms with Crippen LogP contribution in [0.25, 0.3) is 0 Å². The third kappa shape index (κ3) is 4.53. The summed E-state index contributed by atoms with van der Waals surface area (Å²) in [5.41, 5.74) is 2.67. The molecule has 2 fully saturated rings. The average molecular weight is 405 g/mol. The molecule has 3 amide bonds. The summed E-state index contributed by atoms with van der Waals surface area (Å²) in [4.78, 5) is 41.0. The molecular formula is C24H27N3O3. The Labute approximate surface area is 176 Å². The second-order valence-corrected chi connectivity index (χ2v) is 7.98. The highest BCUT2D eigenvalue weighted by Crippen LogP contribution is 2.21. The minimum absolute atomic E-state index is 0.0921. The molecule has 156 valence electrons. The van der Waals surface area contributed by atoms with Gasteiger partial charge >= 0.3 is 0 Å². The molecule has 2 aliphatic rings. The van der Waals surface area contributed by atoms with E-state index in [0.29, 0.717) is 38.0 Å². The highest BCUT2D eigenvalue weighted by molar-refractivity contribution is 5.97. The normalized spacial score (nSPS) is 18.7. The van der Waals surface area contributed by atoms with Crippen LogP contribution in [0.3, 0.4) is 0 Å². The number of amides is 3. The van der Waals surface area contributed by atoms with E-state index < -0.39 is 6.04 Å². The molecule has 0 radical (unpaired) electrons. The number of carbonyl (C=O) groups excluding carboxylic acids is 3. The van der Waals surface area contributed by atoms with Crippen molar-refractivity contribution in [1.82, 2.24) is 15.1 Å². The first-order valence-electron chi connectivity index (χ1n) is 10.6. The van der Waals surface area contributed by atoms with E-state index in [9.17, 15) is 14.4 Å². The van der Waals surface area contributed by atoms with Crippen LogP contribution < -0.4 is 5.32 Å². The van der Waals surface area contributed by atoms with Crippen LogP contribution in [0, 0.1) is 0 Å². The number of benzene rings is 2. The van der Waals surface area contributed by atoms with Gasteiger partial charge in [-0.3, -0.25) is 14.4 Å². The van der Waals surface area contributed by atoms with Gasteiger partial charge in [0, 0.05) is 38.2 Å². The molecule has 2 aliphatic heterocycles.